The van der Waals surface area contributed by atoms with Gasteiger partial charge < -0.3 is 0 Å². The van der Waals surface area contributed by atoms with Gasteiger partial charge in [-0.3, -0.25) is 14.7 Å². The predicted molar refractivity (Wildman–Crippen MR) is 98.1 cm³/mol. The summed E-state index contributed by atoms with van der Waals surface area (Å²) in [5.41, 5.74) is 3.28. The zero-order valence-electron chi connectivity index (χ0n) is 14.0. The topological polar surface area (TPSA) is 73.8 Å². The van der Waals surface area contributed by atoms with Gasteiger partial charge in [0.2, 0.25) is 0 Å². The molecule has 0 spiro atoms. The number of thioether (sulfide) groups is 1. The second-order valence-corrected chi connectivity index (χ2v) is 6.54. The lowest BCUT2D eigenvalue weighted by atomic mass is 10.1. The lowest BCUT2D eigenvalue weighted by Gasteiger charge is -2.09. The number of aromatic nitrogens is 3. The Labute approximate surface area is 150 Å². The van der Waals surface area contributed by atoms with Crippen LogP contribution in [0.4, 0.5) is 5.69 Å². The second kappa shape index (κ2) is 7.48. The van der Waals surface area contributed by atoms with Gasteiger partial charge in [0.25, 0.3) is 5.69 Å². The third-order valence-electron chi connectivity index (χ3n) is 3.89. The molecule has 0 saturated heterocycles. The SMILES string of the molecule is CCc1ccc(-n2c(C)nnc2SCc2cccc([N+](=O)[O-])c2)cc1. The van der Waals surface area contributed by atoms with E-state index in [1.54, 1.807) is 12.1 Å². The molecule has 0 unspecified atom stereocenters. The molecule has 128 valence electrons. The van der Waals surface area contributed by atoms with Crippen LogP contribution in [0.2, 0.25) is 0 Å². The van der Waals surface area contributed by atoms with Crippen molar-refractivity contribution >= 4 is 17.4 Å². The Kier molecular flexibility index (Phi) is 5.14. The van der Waals surface area contributed by atoms with E-state index in [0.717, 1.165) is 28.7 Å². The molecule has 0 atom stereocenters. The number of nitro groups is 1. The van der Waals surface area contributed by atoms with Gasteiger partial charge >= 0.3 is 0 Å². The van der Waals surface area contributed by atoms with E-state index in [0.29, 0.717) is 5.75 Å². The molecule has 7 heteroatoms. The fourth-order valence-corrected chi connectivity index (χ4v) is 3.46. The normalized spacial score (nSPS) is 10.8. The minimum Gasteiger partial charge on any atom is -0.274 e. The number of non-ortho nitro benzene ring substituents is 1. The van der Waals surface area contributed by atoms with Crippen molar-refractivity contribution in [3.05, 3.63) is 75.6 Å². The number of rotatable bonds is 6. The minimum absolute atomic E-state index is 0.103. The third-order valence-corrected chi connectivity index (χ3v) is 4.89. The Hall–Kier alpha value is -2.67. The highest BCUT2D eigenvalue weighted by molar-refractivity contribution is 7.98. The van der Waals surface area contributed by atoms with Crippen molar-refractivity contribution in [1.29, 1.82) is 0 Å². The van der Waals surface area contributed by atoms with Crippen molar-refractivity contribution in [2.45, 2.75) is 31.2 Å². The number of hydrogen-bond donors (Lipinski definition) is 0. The van der Waals surface area contributed by atoms with Gasteiger partial charge in [0.15, 0.2) is 5.16 Å². The van der Waals surface area contributed by atoms with E-state index in [1.165, 1.54) is 23.4 Å². The summed E-state index contributed by atoms with van der Waals surface area (Å²) in [5.74, 6) is 1.40. The standard InChI is InChI=1S/C18H18N4O2S/c1-3-14-7-9-16(10-8-14)21-13(2)19-20-18(21)25-12-15-5-4-6-17(11-15)22(23)24/h4-11H,3,12H2,1-2H3. The van der Waals surface area contributed by atoms with Crippen LogP contribution in [-0.2, 0) is 12.2 Å². The van der Waals surface area contributed by atoms with Crippen LogP contribution in [0, 0.1) is 17.0 Å². The Balaban J connectivity index is 1.82. The number of hydrogen-bond acceptors (Lipinski definition) is 5. The van der Waals surface area contributed by atoms with Crippen molar-refractivity contribution in [1.82, 2.24) is 14.8 Å². The largest absolute Gasteiger partial charge is 0.274 e. The molecule has 25 heavy (non-hydrogen) atoms. The van der Waals surface area contributed by atoms with Crippen molar-refractivity contribution in [3.8, 4) is 5.69 Å². The van der Waals surface area contributed by atoms with E-state index in [-0.39, 0.29) is 10.6 Å². The van der Waals surface area contributed by atoms with Gasteiger partial charge in [-0.15, -0.1) is 10.2 Å². The van der Waals surface area contributed by atoms with E-state index in [4.69, 9.17) is 0 Å². The average molecular weight is 354 g/mol. The molecule has 0 aliphatic carbocycles. The monoisotopic (exact) mass is 354 g/mol. The maximum Gasteiger partial charge on any atom is 0.269 e. The van der Waals surface area contributed by atoms with Crippen LogP contribution in [-0.4, -0.2) is 19.7 Å². The lowest BCUT2D eigenvalue weighted by molar-refractivity contribution is -0.384. The Bertz CT molecular complexity index is 890. The smallest absolute Gasteiger partial charge is 0.269 e. The molecule has 0 fully saturated rings. The molecule has 0 aliphatic rings. The summed E-state index contributed by atoms with van der Waals surface area (Å²) in [7, 11) is 0. The van der Waals surface area contributed by atoms with E-state index in [9.17, 15) is 10.1 Å². The van der Waals surface area contributed by atoms with Crippen molar-refractivity contribution in [2.75, 3.05) is 0 Å². The summed E-state index contributed by atoms with van der Waals surface area (Å²) in [5, 5.41) is 20.1. The highest BCUT2D eigenvalue weighted by Crippen LogP contribution is 2.26. The van der Waals surface area contributed by atoms with Crippen molar-refractivity contribution < 1.29 is 4.92 Å². The summed E-state index contributed by atoms with van der Waals surface area (Å²) in [6, 6.07) is 15.0. The molecule has 0 bridgehead atoms. The summed E-state index contributed by atoms with van der Waals surface area (Å²) in [6.45, 7) is 4.04. The van der Waals surface area contributed by atoms with Crippen molar-refractivity contribution in [3.63, 3.8) is 0 Å². The van der Waals surface area contributed by atoms with Gasteiger partial charge in [0.1, 0.15) is 5.82 Å². The lowest BCUT2D eigenvalue weighted by Crippen LogP contribution is -1.99. The van der Waals surface area contributed by atoms with Gasteiger partial charge in [-0.2, -0.15) is 0 Å². The second-order valence-electron chi connectivity index (χ2n) is 5.60. The van der Waals surface area contributed by atoms with Gasteiger partial charge in [0.05, 0.1) is 4.92 Å². The van der Waals surface area contributed by atoms with E-state index >= 15 is 0 Å². The molecule has 0 aliphatic heterocycles. The first kappa shape index (κ1) is 17.2. The molecule has 0 radical (unpaired) electrons. The van der Waals surface area contributed by atoms with Gasteiger partial charge in [-0.25, -0.2) is 0 Å². The molecule has 2 aromatic carbocycles. The summed E-state index contributed by atoms with van der Waals surface area (Å²) >= 11 is 1.51. The van der Waals surface area contributed by atoms with E-state index < -0.39 is 0 Å². The summed E-state index contributed by atoms with van der Waals surface area (Å²) in [4.78, 5) is 10.5. The van der Waals surface area contributed by atoms with Crippen LogP contribution in [0.15, 0.2) is 53.7 Å². The fourth-order valence-electron chi connectivity index (χ4n) is 2.52. The Morgan fingerprint density at radius 3 is 2.56 bits per heavy atom. The molecular formula is C18H18N4O2S. The van der Waals surface area contributed by atoms with Crippen LogP contribution in [0.25, 0.3) is 5.69 Å². The maximum atomic E-state index is 10.9. The summed E-state index contributed by atoms with van der Waals surface area (Å²) < 4.78 is 2.00. The van der Waals surface area contributed by atoms with Gasteiger partial charge in [-0.1, -0.05) is 43.0 Å². The first-order chi connectivity index (χ1) is 12.1. The van der Waals surface area contributed by atoms with Crippen LogP contribution < -0.4 is 0 Å². The van der Waals surface area contributed by atoms with Crippen molar-refractivity contribution in [2.24, 2.45) is 0 Å². The van der Waals surface area contributed by atoms with Crippen LogP contribution in [0.5, 0.6) is 0 Å². The molecule has 0 amide bonds. The summed E-state index contributed by atoms with van der Waals surface area (Å²) in [6.07, 6.45) is 0.996. The first-order valence-corrected chi connectivity index (χ1v) is 8.94. The molecule has 0 saturated carbocycles. The minimum atomic E-state index is -0.379. The quantitative estimate of drug-likeness (QED) is 0.374. The number of nitrogens with zero attached hydrogens (tertiary/aromatic N) is 4. The van der Waals surface area contributed by atoms with E-state index in [1.807, 2.05) is 17.6 Å². The molecular weight excluding hydrogens is 336 g/mol. The van der Waals surface area contributed by atoms with Crippen LogP contribution >= 0.6 is 11.8 Å². The molecule has 1 heterocycles. The molecule has 0 N–H and O–H groups in total. The molecule has 1 aromatic heterocycles. The fraction of sp³-hybridized carbons (Fsp3) is 0.222. The molecule has 3 aromatic rings. The number of nitro benzene ring substituents is 1. The van der Waals surface area contributed by atoms with E-state index in [2.05, 4.69) is 41.4 Å². The molecule has 6 nitrogen and oxygen atoms in total. The maximum absolute atomic E-state index is 10.9. The number of benzene rings is 2. The average Bonchev–Trinajstić information content (AvgIpc) is 3.01. The van der Waals surface area contributed by atoms with Gasteiger partial charge in [-0.05, 0) is 36.6 Å². The Morgan fingerprint density at radius 2 is 1.88 bits per heavy atom. The first-order valence-electron chi connectivity index (χ1n) is 7.96. The Morgan fingerprint density at radius 1 is 1.12 bits per heavy atom. The zero-order valence-corrected chi connectivity index (χ0v) is 14.9. The van der Waals surface area contributed by atoms with Gasteiger partial charge in [0, 0.05) is 23.6 Å². The zero-order chi connectivity index (χ0) is 17.8. The molecule has 3 rings (SSSR count). The van der Waals surface area contributed by atoms with Crippen LogP contribution in [0.1, 0.15) is 23.9 Å². The third kappa shape index (κ3) is 3.88. The number of aryl methyl sites for hydroxylation is 2. The predicted octanol–water partition coefficient (Wildman–Crippen LogP) is 4.34. The highest BCUT2D eigenvalue weighted by atomic mass is 32.2. The highest BCUT2D eigenvalue weighted by Gasteiger charge is 2.13. The van der Waals surface area contributed by atoms with Crippen LogP contribution in [0.3, 0.4) is 0 Å².